The molecule has 0 unspecified atom stereocenters. The van der Waals surface area contributed by atoms with Gasteiger partial charge in [-0.25, -0.2) is 19.1 Å². The summed E-state index contributed by atoms with van der Waals surface area (Å²) in [4.78, 5) is 17.9. The summed E-state index contributed by atoms with van der Waals surface area (Å²) in [6.07, 6.45) is 0.885. The number of nitrogens with zero attached hydrogens (tertiary/aromatic N) is 2. The normalized spacial score (nSPS) is 11.2. The monoisotopic (exact) mass is 380 g/mol. The number of aromatic nitrogens is 1. The van der Waals surface area contributed by atoms with E-state index in [1.807, 2.05) is 6.92 Å². The third-order valence-corrected chi connectivity index (χ3v) is 3.35. The number of anilines is 2. The van der Waals surface area contributed by atoms with Crippen molar-refractivity contribution in [1.29, 1.82) is 0 Å². The van der Waals surface area contributed by atoms with Crippen LogP contribution in [-0.2, 0) is 4.74 Å². The van der Waals surface area contributed by atoms with Gasteiger partial charge in [0.1, 0.15) is 17.2 Å². The number of aryl methyl sites for hydroxylation is 1. The van der Waals surface area contributed by atoms with Crippen LogP contribution in [0.15, 0.2) is 41.0 Å². The summed E-state index contributed by atoms with van der Waals surface area (Å²) in [5.74, 6) is -0.242. The molecule has 0 aliphatic heterocycles. The second-order valence-corrected chi connectivity index (χ2v) is 7.02. The van der Waals surface area contributed by atoms with E-state index in [-0.39, 0.29) is 5.69 Å². The van der Waals surface area contributed by atoms with Crippen LogP contribution in [-0.4, -0.2) is 16.7 Å². The molecule has 0 bridgehead atoms. The molecule has 122 valence electrons. The van der Waals surface area contributed by atoms with E-state index in [1.165, 1.54) is 12.1 Å². The molecule has 0 fully saturated rings. The minimum absolute atomic E-state index is 0.0838. The highest BCUT2D eigenvalue weighted by atomic mass is 79.9. The molecular weight excluding hydrogens is 363 g/mol. The van der Waals surface area contributed by atoms with Gasteiger partial charge in [-0.1, -0.05) is 15.9 Å². The zero-order chi connectivity index (χ0) is 17.2. The number of hydrogen-bond donors (Lipinski definition) is 0. The van der Waals surface area contributed by atoms with Crippen LogP contribution in [0.25, 0.3) is 0 Å². The van der Waals surface area contributed by atoms with Crippen LogP contribution < -0.4 is 4.90 Å². The van der Waals surface area contributed by atoms with E-state index in [0.29, 0.717) is 10.3 Å². The predicted octanol–water partition coefficient (Wildman–Crippen LogP) is 5.36. The van der Waals surface area contributed by atoms with Crippen molar-refractivity contribution in [1.82, 2.24) is 4.98 Å². The molecule has 0 aliphatic rings. The molecule has 1 aromatic carbocycles. The molecule has 23 heavy (non-hydrogen) atoms. The summed E-state index contributed by atoms with van der Waals surface area (Å²) in [7, 11) is 0. The predicted molar refractivity (Wildman–Crippen MR) is 91.4 cm³/mol. The third-order valence-electron chi connectivity index (χ3n) is 2.86. The van der Waals surface area contributed by atoms with Gasteiger partial charge in [0.2, 0.25) is 0 Å². The molecule has 1 amide bonds. The first kappa shape index (κ1) is 17.4. The summed E-state index contributed by atoms with van der Waals surface area (Å²) >= 11 is 3.21. The SMILES string of the molecule is Cc1ccnc(N(C(=O)OC(C)(C)C)c2ccc(Br)cc2F)c1. The number of ether oxygens (including phenoxy) is 1. The summed E-state index contributed by atoms with van der Waals surface area (Å²) in [5, 5.41) is 0. The second kappa shape index (κ2) is 6.66. The maximum atomic E-state index is 14.4. The highest BCUT2D eigenvalue weighted by Gasteiger charge is 2.27. The van der Waals surface area contributed by atoms with Gasteiger partial charge in [-0.05, 0) is 63.6 Å². The molecule has 0 N–H and O–H groups in total. The van der Waals surface area contributed by atoms with Crippen LogP contribution in [0.2, 0.25) is 0 Å². The van der Waals surface area contributed by atoms with Gasteiger partial charge < -0.3 is 4.74 Å². The van der Waals surface area contributed by atoms with Crippen molar-refractivity contribution in [2.75, 3.05) is 4.90 Å². The first-order valence-electron chi connectivity index (χ1n) is 7.08. The van der Waals surface area contributed by atoms with E-state index in [2.05, 4.69) is 20.9 Å². The summed E-state index contributed by atoms with van der Waals surface area (Å²) in [5.41, 5.74) is 0.284. The van der Waals surface area contributed by atoms with E-state index in [0.717, 1.165) is 10.5 Å². The minimum Gasteiger partial charge on any atom is -0.443 e. The Kier molecular flexibility index (Phi) is 5.04. The van der Waals surface area contributed by atoms with Crippen molar-refractivity contribution >= 4 is 33.5 Å². The largest absolute Gasteiger partial charge is 0.443 e. The maximum Gasteiger partial charge on any atom is 0.420 e. The molecule has 0 saturated carbocycles. The number of amides is 1. The molecule has 0 aliphatic carbocycles. The fourth-order valence-electron chi connectivity index (χ4n) is 1.93. The molecular formula is C17H18BrFN2O2. The van der Waals surface area contributed by atoms with Gasteiger partial charge in [0.25, 0.3) is 0 Å². The van der Waals surface area contributed by atoms with E-state index in [9.17, 15) is 9.18 Å². The zero-order valence-electron chi connectivity index (χ0n) is 13.4. The molecule has 2 aromatic rings. The molecule has 1 aromatic heterocycles. The smallest absolute Gasteiger partial charge is 0.420 e. The molecule has 0 atom stereocenters. The van der Waals surface area contributed by atoms with E-state index < -0.39 is 17.5 Å². The Bertz CT molecular complexity index is 729. The van der Waals surface area contributed by atoms with Crippen LogP contribution in [0, 0.1) is 12.7 Å². The van der Waals surface area contributed by atoms with Crippen molar-refractivity contribution in [3.8, 4) is 0 Å². The standard InChI is InChI=1S/C17H18BrFN2O2/c1-11-7-8-20-15(9-11)21(16(22)23-17(2,3)4)14-6-5-12(18)10-13(14)19/h5-10H,1-4H3. The number of halogens is 2. The Balaban J connectivity index is 2.53. The first-order valence-corrected chi connectivity index (χ1v) is 7.87. The summed E-state index contributed by atoms with van der Waals surface area (Å²) in [6.45, 7) is 7.14. The number of carbonyl (C=O) groups excluding carboxylic acids is 1. The number of hydrogen-bond acceptors (Lipinski definition) is 3. The maximum absolute atomic E-state index is 14.4. The van der Waals surface area contributed by atoms with Gasteiger partial charge in [-0.15, -0.1) is 0 Å². The van der Waals surface area contributed by atoms with Gasteiger partial charge in [0.05, 0.1) is 5.69 Å². The van der Waals surface area contributed by atoms with Crippen molar-refractivity contribution < 1.29 is 13.9 Å². The fraction of sp³-hybridized carbons (Fsp3) is 0.294. The highest BCUT2D eigenvalue weighted by Crippen LogP contribution is 2.30. The quantitative estimate of drug-likeness (QED) is 0.703. The van der Waals surface area contributed by atoms with Gasteiger partial charge in [-0.2, -0.15) is 0 Å². The van der Waals surface area contributed by atoms with Crippen LogP contribution in [0.4, 0.5) is 20.7 Å². The number of rotatable bonds is 2. The molecule has 4 nitrogen and oxygen atoms in total. The minimum atomic E-state index is -0.703. The van der Waals surface area contributed by atoms with Crippen LogP contribution >= 0.6 is 15.9 Å². The summed E-state index contributed by atoms with van der Waals surface area (Å²) < 4.78 is 20.4. The van der Waals surface area contributed by atoms with Gasteiger partial charge in [-0.3, -0.25) is 0 Å². The van der Waals surface area contributed by atoms with Crippen molar-refractivity contribution in [3.63, 3.8) is 0 Å². The van der Waals surface area contributed by atoms with Crippen LogP contribution in [0.1, 0.15) is 26.3 Å². The zero-order valence-corrected chi connectivity index (χ0v) is 15.0. The van der Waals surface area contributed by atoms with E-state index >= 15 is 0 Å². The molecule has 2 rings (SSSR count). The molecule has 0 radical (unpaired) electrons. The lowest BCUT2D eigenvalue weighted by Crippen LogP contribution is -2.34. The molecule has 6 heteroatoms. The Morgan fingerprint density at radius 1 is 1.26 bits per heavy atom. The third kappa shape index (κ3) is 4.51. The fourth-order valence-corrected chi connectivity index (χ4v) is 2.26. The number of pyridine rings is 1. The highest BCUT2D eigenvalue weighted by molar-refractivity contribution is 9.10. The Labute approximate surface area is 143 Å². The molecule has 1 heterocycles. The second-order valence-electron chi connectivity index (χ2n) is 6.10. The average Bonchev–Trinajstić information content (AvgIpc) is 2.39. The Morgan fingerprint density at radius 2 is 1.96 bits per heavy atom. The van der Waals surface area contributed by atoms with Crippen molar-refractivity contribution in [2.24, 2.45) is 0 Å². The van der Waals surface area contributed by atoms with Crippen molar-refractivity contribution in [2.45, 2.75) is 33.3 Å². The lowest BCUT2D eigenvalue weighted by Gasteiger charge is -2.27. The lowest BCUT2D eigenvalue weighted by molar-refractivity contribution is 0.0597. The molecule has 0 saturated heterocycles. The van der Waals surface area contributed by atoms with Gasteiger partial charge >= 0.3 is 6.09 Å². The number of carbonyl (C=O) groups is 1. The van der Waals surface area contributed by atoms with E-state index in [1.54, 1.807) is 45.2 Å². The van der Waals surface area contributed by atoms with Crippen LogP contribution in [0.3, 0.4) is 0 Å². The average molecular weight is 381 g/mol. The first-order chi connectivity index (χ1) is 10.7. The van der Waals surface area contributed by atoms with Gasteiger partial charge in [0.15, 0.2) is 0 Å². The topological polar surface area (TPSA) is 42.4 Å². The number of benzene rings is 1. The van der Waals surface area contributed by atoms with Gasteiger partial charge in [0, 0.05) is 10.7 Å². The van der Waals surface area contributed by atoms with Crippen LogP contribution in [0.5, 0.6) is 0 Å². The Morgan fingerprint density at radius 3 is 2.52 bits per heavy atom. The Hall–Kier alpha value is -1.95. The lowest BCUT2D eigenvalue weighted by atomic mass is 10.2. The molecule has 0 spiro atoms. The summed E-state index contributed by atoms with van der Waals surface area (Å²) in [6, 6.07) is 7.96. The van der Waals surface area contributed by atoms with E-state index in [4.69, 9.17) is 4.74 Å². The van der Waals surface area contributed by atoms with Crippen molar-refractivity contribution in [3.05, 3.63) is 52.4 Å².